The Labute approximate surface area is 70.9 Å². The standard InChI is InChI=1S/C5H6BrN3S/c1-2-3(4(7)8)10-5(6)9-2/h1H3,(H3,7,8). The number of amidine groups is 1. The van der Waals surface area contributed by atoms with Crippen molar-refractivity contribution in [1.29, 1.82) is 5.41 Å². The Morgan fingerprint density at radius 2 is 2.40 bits per heavy atom. The Morgan fingerprint density at radius 1 is 1.80 bits per heavy atom. The molecule has 1 heterocycles. The average Bonchev–Trinajstić information content (AvgIpc) is 2.10. The molecule has 0 aromatic carbocycles. The molecule has 0 radical (unpaired) electrons. The molecule has 1 aromatic rings. The lowest BCUT2D eigenvalue weighted by atomic mass is 10.4. The topological polar surface area (TPSA) is 62.8 Å². The number of hydrogen-bond donors (Lipinski definition) is 2. The van der Waals surface area contributed by atoms with E-state index in [1.165, 1.54) is 11.3 Å². The summed E-state index contributed by atoms with van der Waals surface area (Å²) in [5.41, 5.74) is 6.07. The summed E-state index contributed by atoms with van der Waals surface area (Å²) >= 11 is 4.58. The minimum absolute atomic E-state index is 0.0840. The van der Waals surface area contributed by atoms with E-state index in [0.29, 0.717) is 0 Å². The Morgan fingerprint density at radius 3 is 2.60 bits per heavy atom. The highest BCUT2D eigenvalue weighted by Crippen LogP contribution is 2.21. The first-order chi connectivity index (χ1) is 4.61. The number of aromatic nitrogens is 1. The van der Waals surface area contributed by atoms with Crippen molar-refractivity contribution in [3.05, 3.63) is 14.5 Å². The van der Waals surface area contributed by atoms with Crippen LogP contribution in [0.25, 0.3) is 0 Å². The third kappa shape index (κ3) is 1.35. The fraction of sp³-hybridized carbons (Fsp3) is 0.200. The van der Waals surface area contributed by atoms with E-state index in [9.17, 15) is 0 Å². The van der Waals surface area contributed by atoms with Crippen LogP contribution in [-0.2, 0) is 0 Å². The Hall–Kier alpha value is -0.420. The summed E-state index contributed by atoms with van der Waals surface area (Å²) in [4.78, 5) is 4.79. The summed E-state index contributed by atoms with van der Waals surface area (Å²) in [6.45, 7) is 1.83. The van der Waals surface area contributed by atoms with E-state index >= 15 is 0 Å². The Kier molecular flexibility index (Phi) is 2.05. The Bertz CT molecular complexity index is 268. The van der Waals surface area contributed by atoms with Gasteiger partial charge in [-0.1, -0.05) is 0 Å². The lowest BCUT2D eigenvalue weighted by molar-refractivity contribution is 1.23. The van der Waals surface area contributed by atoms with Gasteiger partial charge in [-0.05, 0) is 22.9 Å². The van der Waals surface area contributed by atoms with Gasteiger partial charge >= 0.3 is 0 Å². The van der Waals surface area contributed by atoms with E-state index in [1.807, 2.05) is 6.92 Å². The van der Waals surface area contributed by atoms with Gasteiger partial charge in [0.25, 0.3) is 0 Å². The second kappa shape index (κ2) is 2.67. The van der Waals surface area contributed by atoms with Crippen LogP contribution >= 0.6 is 27.3 Å². The van der Waals surface area contributed by atoms with Crippen molar-refractivity contribution in [2.24, 2.45) is 5.73 Å². The summed E-state index contributed by atoms with van der Waals surface area (Å²) in [6, 6.07) is 0. The first-order valence-corrected chi connectivity index (χ1v) is 4.19. The molecule has 0 aliphatic rings. The first-order valence-electron chi connectivity index (χ1n) is 2.58. The summed E-state index contributed by atoms with van der Waals surface area (Å²) in [6.07, 6.45) is 0. The van der Waals surface area contributed by atoms with Gasteiger partial charge in [0.05, 0.1) is 10.6 Å². The third-order valence-electron chi connectivity index (χ3n) is 1.02. The van der Waals surface area contributed by atoms with E-state index in [2.05, 4.69) is 20.9 Å². The largest absolute Gasteiger partial charge is 0.383 e. The quantitative estimate of drug-likeness (QED) is 0.556. The van der Waals surface area contributed by atoms with Gasteiger partial charge in [-0.15, -0.1) is 11.3 Å². The van der Waals surface area contributed by atoms with Crippen LogP contribution in [0.5, 0.6) is 0 Å². The molecular formula is C5H6BrN3S. The molecule has 0 atom stereocenters. The maximum Gasteiger partial charge on any atom is 0.160 e. The van der Waals surface area contributed by atoms with Gasteiger partial charge in [-0.25, -0.2) is 4.98 Å². The normalized spacial score (nSPS) is 9.80. The number of rotatable bonds is 1. The molecule has 0 bridgehead atoms. The monoisotopic (exact) mass is 219 g/mol. The van der Waals surface area contributed by atoms with E-state index in [1.54, 1.807) is 0 Å². The highest BCUT2D eigenvalue weighted by molar-refractivity contribution is 9.11. The van der Waals surface area contributed by atoms with E-state index in [-0.39, 0.29) is 5.84 Å². The second-order valence-electron chi connectivity index (χ2n) is 1.80. The number of aryl methyl sites for hydroxylation is 1. The van der Waals surface area contributed by atoms with Crippen molar-refractivity contribution in [3.63, 3.8) is 0 Å². The van der Waals surface area contributed by atoms with Crippen LogP contribution in [0.15, 0.2) is 3.92 Å². The number of thiazole rings is 1. The summed E-state index contributed by atoms with van der Waals surface area (Å²) < 4.78 is 0.773. The van der Waals surface area contributed by atoms with Crippen LogP contribution in [0.1, 0.15) is 10.6 Å². The van der Waals surface area contributed by atoms with Gasteiger partial charge in [-0.2, -0.15) is 0 Å². The molecule has 3 nitrogen and oxygen atoms in total. The highest BCUT2D eigenvalue weighted by atomic mass is 79.9. The van der Waals surface area contributed by atoms with Crippen molar-refractivity contribution in [1.82, 2.24) is 4.98 Å². The van der Waals surface area contributed by atoms with Gasteiger partial charge in [0.1, 0.15) is 5.84 Å². The predicted octanol–water partition coefficient (Wildman–Crippen LogP) is 1.50. The minimum atomic E-state index is 0.0840. The average molecular weight is 220 g/mol. The van der Waals surface area contributed by atoms with Crippen LogP contribution < -0.4 is 5.73 Å². The number of nitrogens with one attached hydrogen (secondary N) is 1. The molecule has 0 fully saturated rings. The molecule has 1 rings (SSSR count). The highest BCUT2D eigenvalue weighted by Gasteiger charge is 2.06. The number of halogens is 1. The molecule has 1 aromatic heterocycles. The molecular weight excluding hydrogens is 214 g/mol. The van der Waals surface area contributed by atoms with Crippen LogP contribution in [-0.4, -0.2) is 10.8 Å². The fourth-order valence-corrected chi connectivity index (χ4v) is 2.02. The molecule has 0 aliphatic carbocycles. The van der Waals surface area contributed by atoms with E-state index in [0.717, 1.165) is 14.5 Å². The minimum Gasteiger partial charge on any atom is -0.383 e. The Balaban J connectivity index is 3.15. The zero-order chi connectivity index (χ0) is 7.72. The molecule has 0 amide bonds. The van der Waals surface area contributed by atoms with Crippen molar-refractivity contribution < 1.29 is 0 Å². The molecule has 3 N–H and O–H groups in total. The number of nitrogens with zero attached hydrogens (tertiary/aromatic N) is 1. The van der Waals surface area contributed by atoms with Crippen LogP contribution in [0.3, 0.4) is 0 Å². The first kappa shape index (κ1) is 7.68. The number of nitrogen functional groups attached to an aromatic ring is 1. The molecule has 0 saturated heterocycles. The molecule has 0 aliphatic heterocycles. The van der Waals surface area contributed by atoms with E-state index < -0.39 is 0 Å². The molecule has 54 valence electrons. The van der Waals surface area contributed by atoms with Crippen LogP contribution in [0, 0.1) is 12.3 Å². The number of nitrogens with two attached hydrogens (primary N) is 1. The van der Waals surface area contributed by atoms with Crippen LogP contribution in [0.2, 0.25) is 0 Å². The van der Waals surface area contributed by atoms with Gasteiger partial charge < -0.3 is 5.73 Å². The van der Waals surface area contributed by atoms with E-state index in [4.69, 9.17) is 11.1 Å². The van der Waals surface area contributed by atoms with Crippen LogP contribution in [0.4, 0.5) is 0 Å². The lowest BCUT2D eigenvalue weighted by Gasteiger charge is -1.89. The maximum absolute atomic E-state index is 7.12. The molecule has 0 unspecified atom stereocenters. The third-order valence-corrected chi connectivity index (χ3v) is 2.66. The molecule has 0 spiro atoms. The number of hydrogen-bond acceptors (Lipinski definition) is 3. The molecule has 5 heteroatoms. The van der Waals surface area contributed by atoms with Gasteiger partial charge in [-0.3, -0.25) is 5.41 Å². The van der Waals surface area contributed by atoms with Gasteiger partial charge in [0.15, 0.2) is 3.92 Å². The summed E-state index contributed by atoms with van der Waals surface area (Å²) in [7, 11) is 0. The summed E-state index contributed by atoms with van der Waals surface area (Å²) in [5.74, 6) is 0.0840. The van der Waals surface area contributed by atoms with Gasteiger partial charge in [0.2, 0.25) is 0 Å². The predicted molar refractivity (Wildman–Crippen MR) is 45.6 cm³/mol. The lowest BCUT2D eigenvalue weighted by Crippen LogP contribution is -2.10. The summed E-state index contributed by atoms with van der Waals surface area (Å²) in [5, 5.41) is 7.12. The zero-order valence-corrected chi connectivity index (χ0v) is 7.71. The SMILES string of the molecule is Cc1nc(Br)sc1C(=N)N. The second-order valence-corrected chi connectivity index (χ2v) is 4.07. The van der Waals surface area contributed by atoms with Crippen molar-refractivity contribution in [2.45, 2.75) is 6.92 Å². The maximum atomic E-state index is 7.12. The smallest absolute Gasteiger partial charge is 0.160 e. The molecule has 0 saturated carbocycles. The zero-order valence-electron chi connectivity index (χ0n) is 5.31. The molecule has 10 heavy (non-hydrogen) atoms. The fourth-order valence-electron chi connectivity index (χ4n) is 0.613. The van der Waals surface area contributed by atoms with Crippen molar-refractivity contribution >= 4 is 33.1 Å². The van der Waals surface area contributed by atoms with Crippen molar-refractivity contribution in [3.8, 4) is 0 Å². The van der Waals surface area contributed by atoms with Crippen molar-refractivity contribution in [2.75, 3.05) is 0 Å². The van der Waals surface area contributed by atoms with Gasteiger partial charge in [0, 0.05) is 0 Å².